The fraction of sp³-hybridized carbons (Fsp3) is 0.700. The molecular weight excluding hydrogens is 288 g/mol. The first-order valence-corrected chi connectivity index (χ1v) is 10.3. The second-order valence-corrected chi connectivity index (χ2v) is 7.47. The normalized spacial score (nSPS) is 11.0. The molecule has 22 heavy (non-hydrogen) atoms. The van der Waals surface area contributed by atoms with Crippen LogP contribution in [0.3, 0.4) is 0 Å². The number of aryl methyl sites for hydroxylation is 1. The number of hydrogen-bond donors (Lipinski definition) is 1. The molecule has 0 aliphatic rings. The van der Waals surface area contributed by atoms with Crippen LogP contribution in [0.2, 0.25) is 0 Å². The largest absolute Gasteiger partial charge is 0.508 e. The van der Waals surface area contributed by atoms with Gasteiger partial charge in [0.1, 0.15) is 5.75 Å². The van der Waals surface area contributed by atoms with E-state index >= 15 is 0 Å². The van der Waals surface area contributed by atoms with E-state index in [-0.39, 0.29) is 0 Å². The third-order valence-corrected chi connectivity index (χ3v) is 5.23. The van der Waals surface area contributed by atoms with E-state index in [1.54, 1.807) is 0 Å². The van der Waals surface area contributed by atoms with Crippen LogP contribution in [0.25, 0.3) is 0 Å². The number of phenolic OH excluding ortho intramolecular Hbond substituents is 1. The molecule has 1 N–H and O–H groups in total. The first kappa shape index (κ1) is 19.4. The summed E-state index contributed by atoms with van der Waals surface area (Å²) in [7, 11) is 0. The molecule has 1 nitrogen and oxygen atoms in total. The van der Waals surface area contributed by atoms with Crippen molar-refractivity contribution < 1.29 is 5.11 Å². The molecule has 0 atom stereocenters. The second-order valence-electron chi connectivity index (χ2n) is 6.37. The Kier molecular flexibility index (Phi) is 11.4. The van der Waals surface area contributed by atoms with E-state index in [1.807, 2.05) is 23.9 Å². The van der Waals surface area contributed by atoms with Crippen molar-refractivity contribution in [2.45, 2.75) is 83.8 Å². The van der Waals surface area contributed by atoms with Crippen LogP contribution in [0.1, 0.15) is 82.3 Å². The van der Waals surface area contributed by atoms with Crippen molar-refractivity contribution in [1.82, 2.24) is 0 Å². The molecule has 0 saturated heterocycles. The van der Waals surface area contributed by atoms with E-state index in [0.717, 1.165) is 11.3 Å². The zero-order valence-electron chi connectivity index (χ0n) is 14.6. The highest BCUT2D eigenvalue weighted by molar-refractivity contribution is 7.98. The zero-order chi connectivity index (χ0) is 16.0. The maximum Gasteiger partial charge on any atom is 0.119 e. The monoisotopic (exact) mass is 322 g/mol. The number of phenols is 1. The summed E-state index contributed by atoms with van der Waals surface area (Å²) in [6, 6.07) is 5.87. The fourth-order valence-corrected chi connectivity index (χ4v) is 3.71. The molecule has 2 heteroatoms. The molecule has 0 fully saturated rings. The smallest absolute Gasteiger partial charge is 0.119 e. The minimum absolute atomic E-state index is 0.446. The lowest BCUT2D eigenvalue weighted by Crippen LogP contribution is -1.87. The van der Waals surface area contributed by atoms with Crippen LogP contribution in [0.4, 0.5) is 0 Å². The summed E-state index contributed by atoms with van der Waals surface area (Å²) in [5.41, 5.74) is 2.31. The fourth-order valence-electron chi connectivity index (χ4n) is 2.70. The molecule has 126 valence electrons. The minimum Gasteiger partial charge on any atom is -0.508 e. The van der Waals surface area contributed by atoms with Gasteiger partial charge in [0.25, 0.3) is 0 Å². The van der Waals surface area contributed by atoms with Gasteiger partial charge in [0.15, 0.2) is 0 Å². The van der Waals surface area contributed by atoms with Crippen molar-refractivity contribution in [2.75, 3.05) is 5.75 Å². The summed E-state index contributed by atoms with van der Waals surface area (Å²) >= 11 is 1.95. The zero-order valence-corrected chi connectivity index (χ0v) is 15.4. The van der Waals surface area contributed by atoms with Gasteiger partial charge in [-0.3, -0.25) is 0 Å². The highest BCUT2D eigenvalue weighted by atomic mass is 32.2. The second kappa shape index (κ2) is 12.9. The number of hydrogen-bond acceptors (Lipinski definition) is 2. The molecule has 1 aromatic rings. The molecule has 0 spiro atoms. The third-order valence-electron chi connectivity index (χ3n) is 4.13. The molecule has 0 amide bonds. The van der Waals surface area contributed by atoms with Crippen molar-refractivity contribution >= 4 is 11.8 Å². The molecule has 0 saturated carbocycles. The van der Waals surface area contributed by atoms with Crippen molar-refractivity contribution in [2.24, 2.45) is 0 Å². The van der Waals surface area contributed by atoms with Gasteiger partial charge in [0.2, 0.25) is 0 Å². The number of thioether (sulfide) groups is 1. The molecule has 0 aliphatic heterocycles. The van der Waals surface area contributed by atoms with Crippen LogP contribution in [0.15, 0.2) is 18.2 Å². The maximum atomic E-state index is 9.80. The summed E-state index contributed by atoms with van der Waals surface area (Å²) in [4.78, 5) is 0. The number of benzene rings is 1. The van der Waals surface area contributed by atoms with Crippen LogP contribution in [-0.2, 0) is 5.75 Å². The molecular formula is C20H34OS. The van der Waals surface area contributed by atoms with Crippen LogP contribution < -0.4 is 0 Å². The van der Waals surface area contributed by atoms with Crippen molar-refractivity contribution in [3.8, 4) is 5.75 Å². The lowest BCUT2D eigenvalue weighted by Gasteiger charge is -2.06. The minimum atomic E-state index is 0.446. The predicted octanol–water partition coefficient (Wildman–Crippen LogP) is 6.85. The summed E-state index contributed by atoms with van der Waals surface area (Å²) < 4.78 is 0. The van der Waals surface area contributed by atoms with E-state index in [4.69, 9.17) is 0 Å². The van der Waals surface area contributed by atoms with Gasteiger partial charge in [-0.1, -0.05) is 82.4 Å². The SMILES string of the molecule is CCCCCCCCCCCCSCc1cc(C)ccc1O. The van der Waals surface area contributed by atoms with Crippen molar-refractivity contribution in [3.63, 3.8) is 0 Å². The van der Waals surface area contributed by atoms with Gasteiger partial charge in [-0.2, -0.15) is 11.8 Å². The molecule has 0 bridgehead atoms. The van der Waals surface area contributed by atoms with Crippen molar-refractivity contribution in [1.29, 1.82) is 0 Å². The predicted molar refractivity (Wildman–Crippen MR) is 101 cm³/mol. The maximum absolute atomic E-state index is 9.80. The summed E-state index contributed by atoms with van der Waals surface area (Å²) in [6.07, 6.45) is 14.0. The topological polar surface area (TPSA) is 20.2 Å². The van der Waals surface area contributed by atoms with E-state index in [2.05, 4.69) is 19.9 Å². The van der Waals surface area contributed by atoms with Gasteiger partial charge in [-0.15, -0.1) is 0 Å². The quantitative estimate of drug-likeness (QED) is 0.400. The van der Waals surface area contributed by atoms with Gasteiger partial charge < -0.3 is 5.11 Å². The Balaban J connectivity index is 1.90. The average Bonchev–Trinajstić information content (AvgIpc) is 2.51. The number of aromatic hydroxyl groups is 1. The molecule has 0 heterocycles. The van der Waals surface area contributed by atoms with Gasteiger partial charge in [0.05, 0.1) is 0 Å². The lowest BCUT2D eigenvalue weighted by atomic mass is 10.1. The summed E-state index contributed by atoms with van der Waals surface area (Å²) in [6.45, 7) is 4.36. The number of unbranched alkanes of at least 4 members (excludes halogenated alkanes) is 9. The Morgan fingerprint density at radius 3 is 2.09 bits per heavy atom. The molecule has 0 aromatic heterocycles. The molecule has 1 rings (SSSR count). The first-order valence-electron chi connectivity index (χ1n) is 9.10. The van der Waals surface area contributed by atoms with Gasteiger partial charge in [0, 0.05) is 11.3 Å². The van der Waals surface area contributed by atoms with E-state index in [0.29, 0.717) is 5.75 Å². The summed E-state index contributed by atoms with van der Waals surface area (Å²) in [5.74, 6) is 2.59. The highest BCUT2D eigenvalue weighted by Gasteiger charge is 2.01. The first-order chi connectivity index (χ1) is 10.7. The third kappa shape index (κ3) is 9.40. The standard InChI is InChI=1S/C20H34OS/c1-3-4-5-6-7-8-9-10-11-12-15-22-17-19-16-18(2)13-14-20(19)21/h13-14,16,21H,3-12,15,17H2,1-2H3. The Bertz CT molecular complexity index is 389. The van der Waals surface area contributed by atoms with E-state index in [9.17, 15) is 5.11 Å². The number of rotatable bonds is 13. The van der Waals surface area contributed by atoms with Crippen LogP contribution >= 0.6 is 11.8 Å². The molecule has 0 radical (unpaired) electrons. The Morgan fingerprint density at radius 2 is 1.45 bits per heavy atom. The van der Waals surface area contributed by atoms with Gasteiger partial charge in [-0.05, 0) is 25.2 Å². The van der Waals surface area contributed by atoms with Gasteiger partial charge >= 0.3 is 0 Å². The lowest BCUT2D eigenvalue weighted by molar-refractivity contribution is 0.470. The van der Waals surface area contributed by atoms with Crippen molar-refractivity contribution in [3.05, 3.63) is 29.3 Å². The molecule has 0 unspecified atom stereocenters. The van der Waals surface area contributed by atoms with Crippen LogP contribution in [0, 0.1) is 6.92 Å². The van der Waals surface area contributed by atoms with E-state index < -0.39 is 0 Å². The van der Waals surface area contributed by atoms with Gasteiger partial charge in [-0.25, -0.2) is 0 Å². The molecule has 1 aromatic carbocycles. The summed E-state index contributed by atoms with van der Waals surface area (Å²) in [5, 5.41) is 9.80. The average molecular weight is 323 g/mol. The van der Waals surface area contributed by atoms with E-state index in [1.165, 1.54) is 75.5 Å². The Hall–Kier alpha value is -0.630. The van der Waals surface area contributed by atoms with Crippen LogP contribution in [-0.4, -0.2) is 10.9 Å². The Labute approximate surface area is 141 Å². The highest BCUT2D eigenvalue weighted by Crippen LogP contribution is 2.24. The Morgan fingerprint density at radius 1 is 0.864 bits per heavy atom. The van der Waals surface area contributed by atoms with Crippen LogP contribution in [0.5, 0.6) is 5.75 Å². The molecule has 0 aliphatic carbocycles.